The van der Waals surface area contributed by atoms with Gasteiger partial charge in [-0.25, -0.2) is 0 Å². The van der Waals surface area contributed by atoms with Crippen LogP contribution in [0.25, 0.3) is 10.4 Å². The summed E-state index contributed by atoms with van der Waals surface area (Å²) in [4.78, 5) is 57.5. The summed E-state index contributed by atoms with van der Waals surface area (Å²) in [6.07, 6.45) is 2.25. The fraction of sp³-hybridized carbons (Fsp3) is 0.517. The van der Waals surface area contributed by atoms with Crippen LogP contribution in [0, 0.1) is 11.8 Å². The van der Waals surface area contributed by atoms with Crippen molar-refractivity contribution in [3.63, 3.8) is 0 Å². The molecule has 8 heteroatoms. The normalized spacial score (nSPS) is 20.0. The maximum atomic E-state index is 13.7. The van der Waals surface area contributed by atoms with E-state index in [0.717, 1.165) is 16.9 Å². The molecule has 2 aromatic rings. The molecule has 3 unspecified atom stereocenters. The molecule has 1 N–H and O–H groups in total. The van der Waals surface area contributed by atoms with Crippen LogP contribution in [-0.4, -0.2) is 64.5 Å². The number of nitrogens with one attached hydrogen (secondary N) is 1. The van der Waals surface area contributed by atoms with E-state index in [-0.39, 0.29) is 42.0 Å². The molecule has 4 rings (SSSR count). The molecule has 37 heavy (non-hydrogen) atoms. The second-order valence-corrected chi connectivity index (χ2v) is 12.0. The van der Waals surface area contributed by atoms with Crippen molar-refractivity contribution < 1.29 is 19.2 Å². The second-order valence-electron chi connectivity index (χ2n) is 10.9. The largest absolute Gasteiger partial charge is 0.340 e. The van der Waals surface area contributed by atoms with Crippen LogP contribution in [0.15, 0.2) is 42.5 Å². The number of hydrogen-bond acceptors (Lipinski definition) is 5. The van der Waals surface area contributed by atoms with E-state index >= 15 is 0 Å². The third kappa shape index (κ3) is 6.12. The van der Waals surface area contributed by atoms with Gasteiger partial charge in [0.25, 0.3) is 5.91 Å². The van der Waals surface area contributed by atoms with Gasteiger partial charge >= 0.3 is 0 Å². The van der Waals surface area contributed by atoms with Crippen LogP contribution in [0.3, 0.4) is 0 Å². The molecule has 1 aromatic heterocycles. The molecule has 2 saturated heterocycles. The number of amides is 3. The summed E-state index contributed by atoms with van der Waals surface area (Å²) < 4.78 is 0. The zero-order valence-corrected chi connectivity index (χ0v) is 22.9. The fourth-order valence-electron chi connectivity index (χ4n) is 5.29. The molecule has 0 radical (unpaired) electrons. The van der Waals surface area contributed by atoms with Gasteiger partial charge in [0.2, 0.25) is 11.8 Å². The number of Topliss-reactive ketones (excluding diaryl/α,β-unsaturated/α-hetero) is 1. The van der Waals surface area contributed by atoms with E-state index in [1.165, 1.54) is 11.3 Å². The highest BCUT2D eigenvalue weighted by atomic mass is 32.1. The lowest BCUT2D eigenvalue weighted by Gasteiger charge is -2.29. The lowest BCUT2D eigenvalue weighted by molar-refractivity contribution is -0.138. The van der Waals surface area contributed by atoms with Gasteiger partial charge < -0.3 is 15.1 Å². The molecule has 3 atom stereocenters. The minimum atomic E-state index is -0.730. The Labute approximate surface area is 223 Å². The first-order chi connectivity index (χ1) is 17.7. The van der Waals surface area contributed by atoms with Crippen LogP contribution in [0.2, 0.25) is 0 Å². The number of thiophene rings is 1. The number of benzene rings is 1. The van der Waals surface area contributed by atoms with Crippen LogP contribution in [0.1, 0.15) is 63.0 Å². The summed E-state index contributed by atoms with van der Waals surface area (Å²) in [5, 5.41) is 2.96. The average Bonchev–Trinajstić information content (AvgIpc) is 3.59. The van der Waals surface area contributed by atoms with Crippen molar-refractivity contribution in [2.45, 2.75) is 71.5 Å². The molecule has 2 fully saturated rings. The summed E-state index contributed by atoms with van der Waals surface area (Å²) in [6.45, 7) is 8.64. The standard InChI is InChI=1S/C29H37N3O4S/c1-18(2)10-13-26(34)32-17-23(33)27-22(32)14-15-31(27)29(36)21(16-19(3)4)30-28(35)25-12-11-24(37-25)20-8-6-5-7-9-20/h5-9,11-12,18-19,21-22,27H,10,13-17H2,1-4H3,(H,30,35). The number of fused-ring (bicyclic) bond motifs is 1. The predicted octanol–water partition coefficient (Wildman–Crippen LogP) is 4.38. The highest BCUT2D eigenvalue weighted by molar-refractivity contribution is 7.17. The molecule has 2 aliphatic rings. The molecular formula is C29H37N3O4S. The Hall–Kier alpha value is -3.00. The van der Waals surface area contributed by atoms with Crippen molar-refractivity contribution in [1.29, 1.82) is 0 Å². The zero-order chi connectivity index (χ0) is 26.7. The number of ketones is 1. The summed E-state index contributed by atoms with van der Waals surface area (Å²) in [6, 6.07) is 11.9. The Kier molecular flexibility index (Phi) is 8.47. The van der Waals surface area contributed by atoms with Crippen LogP contribution in [0.5, 0.6) is 0 Å². The molecule has 7 nitrogen and oxygen atoms in total. The average molecular weight is 524 g/mol. The number of rotatable bonds is 9. The number of likely N-dealkylation sites (tertiary alicyclic amines) is 2. The van der Waals surface area contributed by atoms with Gasteiger partial charge in [-0.15, -0.1) is 11.3 Å². The van der Waals surface area contributed by atoms with Gasteiger partial charge in [-0.1, -0.05) is 58.0 Å². The Morgan fingerprint density at radius 1 is 1.00 bits per heavy atom. The van der Waals surface area contributed by atoms with Gasteiger partial charge in [-0.3, -0.25) is 19.2 Å². The molecule has 3 amide bonds. The van der Waals surface area contributed by atoms with E-state index < -0.39 is 12.1 Å². The van der Waals surface area contributed by atoms with E-state index in [0.29, 0.717) is 36.6 Å². The Morgan fingerprint density at radius 3 is 2.41 bits per heavy atom. The number of carbonyl (C=O) groups excluding carboxylic acids is 4. The summed E-state index contributed by atoms with van der Waals surface area (Å²) >= 11 is 1.39. The highest BCUT2D eigenvalue weighted by Gasteiger charge is 2.52. The molecule has 0 saturated carbocycles. The van der Waals surface area contributed by atoms with E-state index in [1.54, 1.807) is 15.9 Å². The number of hydrogen-bond donors (Lipinski definition) is 1. The van der Waals surface area contributed by atoms with Crippen molar-refractivity contribution in [1.82, 2.24) is 15.1 Å². The topological polar surface area (TPSA) is 86.8 Å². The van der Waals surface area contributed by atoms with Crippen LogP contribution < -0.4 is 5.32 Å². The lowest BCUT2D eigenvalue weighted by atomic mass is 10.0. The van der Waals surface area contributed by atoms with E-state index in [2.05, 4.69) is 19.2 Å². The van der Waals surface area contributed by atoms with Gasteiger partial charge in [-0.05, 0) is 48.8 Å². The highest BCUT2D eigenvalue weighted by Crippen LogP contribution is 2.32. The first-order valence-electron chi connectivity index (χ1n) is 13.2. The van der Waals surface area contributed by atoms with Crippen molar-refractivity contribution in [3.05, 3.63) is 47.3 Å². The van der Waals surface area contributed by atoms with E-state index in [9.17, 15) is 19.2 Å². The molecular weight excluding hydrogens is 486 g/mol. The molecule has 198 valence electrons. The van der Waals surface area contributed by atoms with Crippen molar-refractivity contribution in [3.8, 4) is 10.4 Å². The zero-order valence-electron chi connectivity index (χ0n) is 22.1. The summed E-state index contributed by atoms with van der Waals surface area (Å²) in [7, 11) is 0. The molecule has 0 aliphatic carbocycles. The van der Waals surface area contributed by atoms with Crippen molar-refractivity contribution >= 4 is 34.8 Å². The first-order valence-corrected chi connectivity index (χ1v) is 14.1. The lowest BCUT2D eigenvalue weighted by Crippen LogP contribution is -2.52. The maximum absolute atomic E-state index is 13.7. The van der Waals surface area contributed by atoms with E-state index in [1.807, 2.05) is 50.2 Å². The Morgan fingerprint density at radius 2 is 1.73 bits per heavy atom. The monoisotopic (exact) mass is 523 g/mol. The maximum Gasteiger partial charge on any atom is 0.262 e. The smallest absolute Gasteiger partial charge is 0.262 e. The quantitative estimate of drug-likeness (QED) is 0.529. The molecule has 0 bridgehead atoms. The third-order valence-electron chi connectivity index (χ3n) is 7.16. The molecule has 1 aromatic carbocycles. The van der Waals surface area contributed by atoms with Crippen LogP contribution in [-0.2, 0) is 14.4 Å². The second kappa shape index (κ2) is 11.6. The number of carbonyl (C=O) groups is 4. The molecule has 0 spiro atoms. The van der Waals surface area contributed by atoms with Crippen molar-refractivity contribution in [2.75, 3.05) is 13.1 Å². The molecule has 3 heterocycles. The first kappa shape index (κ1) is 27.0. The minimum absolute atomic E-state index is 0.0113. The van der Waals surface area contributed by atoms with E-state index in [4.69, 9.17) is 0 Å². The Bertz CT molecular complexity index is 1140. The fourth-order valence-corrected chi connectivity index (χ4v) is 6.20. The van der Waals surface area contributed by atoms with Gasteiger partial charge in [0, 0.05) is 17.8 Å². The SMILES string of the molecule is CC(C)CCC(=O)N1CC(=O)C2C1CCN2C(=O)C(CC(C)C)NC(=O)c1ccc(-c2ccccc2)s1. The van der Waals surface area contributed by atoms with Crippen LogP contribution in [0.4, 0.5) is 0 Å². The summed E-state index contributed by atoms with van der Waals surface area (Å²) in [5.74, 6) is -0.0437. The molecule has 2 aliphatic heterocycles. The number of nitrogens with zero attached hydrogens (tertiary/aromatic N) is 2. The minimum Gasteiger partial charge on any atom is -0.340 e. The van der Waals surface area contributed by atoms with Crippen LogP contribution >= 0.6 is 11.3 Å². The summed E-state index contributed by atoms with van der Waals surface area (Å²) in [5.41, 5.74) is 1.04. The Balaban J connectivity index is 1.46. The van der Waals surface area contributed by atoms with Gasteiger partial charge in [0.1, 0.15) is 12.1 Å². The van der Waals surface area contributed by atoms with Gasteiger partial charge in [-0.2, -0.15) is 0 Å². The predicted molar refractivity (Wildman–Crippen MR) is 145 cm³/mol. The third-order valence-corrected chi connectivity index (χ3v) is 8.29. The van der Waals surface area contributed by atoms with Crippen molar-refractivity contribution in [2.24, 2.45) is 11.8 Å². The van der Waals surface area contributed by atoms with Gasteiger partial charge in [0.15, 0.2) is 5.78 Å². The van der Waals surface area contributed by atoms with Gasteiger partial charge in [0.05, 0.1) is 17.5 Å².